The quantitative estimate of drug-likeness (QED) is 0.750. The summed E-state index contributed by atoms with van der Waals surface area (Å²) in [5, 5.41) is 12.0. The molecule has 0 saturated heterocycles. The average molecular weight is 376 g/mol. The van der Waals surface area contributed by atoms with Gasteiger partial charge in [-0.1, -0.05) is 60.7 Å². The van der Waals surface area contributed by atoms with E-state index in [0.717, 1.165) is 16.8 Å². The molecule has 0 bridgehead atoms. The minimum Gasteiger partial charge on any atom is -0.465 e. The molecule has 0 N–H and O–H groups in total. The molecule has 28 heavy (non-hydrogen) atoms. The Labute approximate surface area is 162 Å². The monoisotopic (exact) mass is 376 g/mol. The van der Waals surface area contributed by atoms with E-state index >= 15 is 0 Å². The molecule has 1 unspecified atom stereocenters. The van der Waals surface area contributed by atoms with Crippen molar-refractivity contribution in [2.75, 3.05) is 13.2 Å². The number of amides is 1. The van der Waals surface area contributed by atoms with Gasteiger partial charge in [-0.25, -0.2) is 10.0 Å². The predicted molar refractivity (Wildman–Crippen MR) is 105 cm³/mol. The molecule has 0 spiro atoms. The van der Waals surface area contributed by atoms with Gasteiger partial charge in [-0.05, 0) is 12.5 Å². The van der Waals surface area contributed by atoms with Crippen LogP contribution in [0.15, 0.2) is 70.9 Å². The zero-order valence-corrected chi connectivity index (χ0v) is 15.5. The fourth-order valence-corrected chi connectivity index (χ4v) is 3.30. The minimum atomic E-state index is -0.530. The summed E-state index contributed by atoms with van der Waals surface area (Å²) >= 11 is 0. The molecule has 0 fully saturated rings. The molecule has 1 atom stereocenters. The number of hydrogen-bond acceptors (Lipinski definition) is 6. The van der Waals surface area contributed by atoms with Crippen molar-refractivity contribution in [2.45, 2.75) is 19.4 Å². The number of esters is 1. The fourth-order valence-electron chi connectivity index (χ4n) is 3.30. The second-order valence-electron chi connectivity index (χ2n) is 6.47. The highest BCUT2D eigenvalue weighted by Crippen LogP contribution is 2.28. The maximum Gasteiger partial charge on any atom is 0.327 e. The van der Waals surface area contributed by atoms with Crippen LogP contribution in [0.2, 0.25) is 0 Å². The normalized spacial score (nSPS) is 18.5. The zero-order valence-electron chi connectivity index (χ0n) is 15.5. The highest BCUT2D eigenvalue weighted by atomic mass is 16.5. The first-order valence-corrected chi connectivity index (χ1v) is 9.20. The molecule has 0 aromatic heterocycles. The van der Waals surface area contributed by atoms with Gasteiger partial charge in [0.05, 0.1) is 12.3 Å². The Balaban J connectivity index is 1.71. The molecular weight excluding hydrogens is 356 g/mol. The first kappa shape index (κ1) is 17.9. The van der Waals surface area contributed by atoms with Gasteiger partial charge in [-0.15, -0.1) is 5.10 Å². The van der Waals surface area contributed by atoms with E-state index in [0.29, 0.717) is 12.3 Å². The van der Waals surface area contributed by atoms with Crippen LogP contribution in [0.25, 0.3) is 0 Å². The van der Waals surface area contributed by atoms with Crippen LogP contribution in [0.1, 0.15) is 24.5 Å². The number of carbonyl (C=O) groups excluding carboxylic acids is 2. The van der Waals surface area contributed by atoms with E-state index in [4.69, 9.17) is 9.84 Å². The van der Waals surface area contributed by atoms with Gasteiger partial charge in [0.2, 0.25) is 0 Å². The second kappa shape index (κ2) is 7.64. The number of hydrogen-bond donors (Lipinski definition) is 0. The van der Waals surface area contributed by atoms with Gasteiger partial charge in [0.25, 0.3) is 5.91 Å². The lowest BCUT2D eigenvalue weighted by molar-refractivity contribution is -0.150. The number of amidine groups is 1. The van der Waals surface area contributed by atoms with E-state index in [1.165, 1.54) is 5.01 Å². The third-order valence-electron chi connectivity index (χ3n) is 4.61. The summed E-state index contributed by atoms with van der Waals surface area (Å²) in [6, 6.07) is 18.8. The van der Waals surface area contributed by atoms with Crippen molar-refractivity contribution in [1.82, 2.24) is 10.0 Å². The predicted octanol–water partition coefficient (Wildman–Crippen LogP) is 2.23. The zero-order chi connectivity index (χ0) is 19.5. The van der Waals surface area contributed by atoms with Gasteiger partial charge in [-0.3, -0.25) is 9.59 Å². The number of ether oxygens (including phenoxy) is 1. The molecule has 2 aromatic rings. The Morgan fingerprint density at radius 2 is 1.68 bits per heavy atom. The lowest BCUT2D eigenvalue weighted by Crippen LogP contribution is -2.52. The van der Waals surface area contributed by atoms with Gasteiger partial charge in [0.1, 0.15) is 12.6 Å². The number of fused-ring (bicyclic) bond motifs is 1. The van der Waals surface area contributed by atoms with E-state index in [1.54, 1.807) is 11.9 Å². The minimum absolute atomic E-state index is 0.214. The molecule has 2 aliphatic rings. The van der Waals surface area contributed by atoms with Crippen LogP contribution in [-0.4, -0.2) is 52.6 Å². The Kier molecular flexibility index (Phi) is 4.89. The van der Waals surface area contributed by atoms with Crippen LogP contribution in [-0.2, 0) is 14.3 Å². The summed E-state index contributed by atoms with van der Waals surface area (Å²) in [5.41, 5.74) is 2.61. The summed E-state index contributed by atoms with van der Waals surface area (Å²) in [6.07, 6.45) is 0.452. The van der Waals surface area contributed by atoms with Crippen LogP contribution >= 0.6 is 0 Å². The van der Waals surface area contributed by atoms with Crippen LogP contribution in [0.3, 0.4) is 0 Å². The van der Waals surface area contributed by atoms with E-state index in [1.807, 2.05) is 60.7 Å². The van der Waals surface area contributed by atoms with Gasteiger partial charge >= 0.3 is 5.97 Å². The van der Waals surface area contributed by atoms with Crippen LogP contribution in [0, 0.1) is 0 Å². The third-order valence-corrected chi connectivity index (χ3v) is 4.61. The van der Waals surface area contributed by atoms with Crippen molar-refractivity contribution in [3.05, 3.63) is 71.8 Å². The van der Waals surface area contributed by atoms with E-state index in [2.05, 4.69) is 5.10 Å². The van der Waals surface area contributed by atoms with E-state index in [9.17, 15) is 9.59 Å². The van der Waals surface area contributed by atoms with Crippen molar-refractivity contribution in [3.63, 3.8) is 0 Å². The fraction of sp³-hybridized carbons (Fsp3) is 0.238. The third kappa shape index (κ3) is 3.38. The average Bonchev–Trinajstić information content (AvgIpc) is 3.17. The van der Waals surface area contributed by atoms with Gasteiger partial charge in [0.15, 0.2) is 5.84 Å². The molecule has 0 saturated carbocycles. The molecule has 4 rings (SSSR count). The van der Waals surface area contributed by atoms with Crippen molar-refractivity contribution >= 4 is 23.4 Å². The lowest BCUT2D eigenvalue weighted by atomic mass is 10.0. The van der Waals surface area contributed by atoms with Crippen molar-refractivity contribution in [1.29, 1.82) is 0 Å². The number of benzene rings is 2. The number of nitrogens with zero attached hydrogens (tertiary/aromatic N) is 4. The van der Waals surface area contributed by atoms with Gasteiger partial charge < -0.3 is 4.74 Å². The smallest absolute Gasteiger partial charge is 0.327 e. The molecular formula is C21H20N4O3. The Morgan fingerprint density at radius 1 is 1.04 bits per heavy atom. The Bertz CT molecular complexity index is 941. The first-order valence-electron chi connectivity index (χ1n) is 9.20. The standard InChI is InChI=1S/C21H20N4O3/c1-2-28-19(26)14-24-21(27)18-13-17(15-9-5-3-6-10-15)22-25(18)20(23-24)16-11-7-4-8-12-16/h3-12,18H,2,13-14H2,1H3. The summed E-state index contributed by atoms with van der Waals surface area (Å²) in [7, 11) is 0. The molecule has 142 valence electrons. The van der Waals surface area contributed by atoms with Crippen molar-refractivity contribution in [3.8, 4) is 0 Å². The maximum atomic E-state index is 13.0. The van der Waals surface area contributed by atoms with Gasteiger partial charge in [0, 0.05) is 12.0 Å². The first-order chi connectivity index (χ1) is 13.7. The number of rotatable bonds is 5. The largest absolute Gasteiger partial charge is 0.465 e. The summed E-state index contributed by atoms with van der Waals surface area (Å²) in [5.74, 6) is -0.203. The molecule has 7 nitrogen and oxygen atoms in total. The van der Waals surface area contributed by atoms with E-state index < -0.39 is 12.0 Å². The molecule has 0 radical (unpaired) electrons. The van der Waals surface area contributed by atoms with Crippen molar-refractivity contribution < 1.29 is 14.3 Å². The summed E-state index contributed by atoms with van der Waals surface area (Å²) in [4.78, 5) is 24.9. The SMILES string of the molecule is CCOC(=O)CN1N=C(c2ccccc2)N2N=C(c3ccccc3)CC2C1=O. The maximum absolute atomic E-state index is 13.0. The van der Waals surface area contributed by atoms with Crippen LogP contribution in [0.4, 0.5) is 0 Å². The summed E-state index contributed by atoms with van der Waals surface area (Å²) < 4.78 is 4.99. The number of hydrazone groups is 2. The topological polar surface area (TPSA) is 74.6 Å². The Morgan fingerprint density at radius 3 is 2.32 bits per heavy atom. The molecule has 1 amide bonds. The van der Waals surface area contributed by atoms with Crippen LogP contribution < -0.4 is 0 Å². The molecule has 2 heterocycles. The van der Waals surface area contributed by atoms with Crippen LogP contribution in [0.5, 0.6) is 0 Å². The van der Waals surface area contributed by atoms with Crippen molar-refractivity contribution in [2.24, 2.45) is 10.2 Å². The highest BCUT2D eigenvalue weighted by molar-refractivity contribution is 6.11. The molecule has 2 aromatic carbocycles. The van der Waals surface area contributed by atoms with Gasteiger partial charge in [-0.2, -0.15) is 5.10 Å². The molecule has 7 heteroatoms. The lowest BCUT2D eigenvalue weighted by Gasteiger charge is -2.33. The summed E-state index contributed by atoms with van der Waals surface area (Å²) in [6.45, 7) is 1.77. The number of carbonyl (C=O) groups is 2. The molecule has 0 aliphatic carbocycles. The second-order valence-corrected chi connectivity index (χ2v) is 6.47. The highest BCUT2D eigenvalue weighted by Gasteiger charge is 2.43. The van der Waals surface area contributed by atoms with E-state index in [-0.39, 0.29) is 19.1 Å². The Hall–Kier alpha value is -3.48. The molecule has 2 aliphatic heterocycles.